The van der Waals surface area contributed by atoms with Crippen LogP contribution < -0.4 is 10.2 Å². The minimum Gasteiger partial charge on any atom is -0.351 e. The Morgan fingerprint density at radius 2 is 2.23 bits per heavy atom. The molecule has 1 amide bonds. The van der Waals surface area contributed by atoms with Crippen LogP contribution >= 0.6 is 11.3 Å². The molecule has 1 atom stereocenters. The zero-order valence-corrected chi connectivity index (χ0v) is 13.7. The normalized spacial score (nSPS) is 22.0. The quantitative estimate of drug-likeness (QED) is 0.946. The van der Waals surface area contributed by atoms with E-state index >= 15 is 0 Å². The third kappa shape index (κ3) is 2.70. The van der Waals surface area contributed by atoms with Crippen molar-refractivity contribution in [1.82, 2.24) is 10.3 Å². The Labute approximate surface area is 134 Å². The number of benzene rings is 1. The fraction of sp³-hybridized carbons (Fsp3) is 0.529. The van der Waals surface area contributed by atoms with Gasteiger partial charge in [-0.1, -0.05) is 23.5 Å². The average molecular weight is 315 g/mol. The summed E-state index contributed by atoms with van der Waals surface area (Å²) in [5.74, 6) is 0.549. The van der Waals surface area contributed by atoms with E-state index in [1.807, 2.05) is 0 Å². The highest BCUT2D eigenvalue weighted by Crippen LogP contribution is 2.32. The minimum atomic E-state index is 0.256. The first-order valence-electron chi connectivity index (χ1n) is 8.12. The molecule has 1 aliphatic carbocycles. The second kappa shape index (κ2) is 5.54. The van der Waals surface area contributed by atoms with Gasteiger partial charge in [-0.05, 0) is 44.2 Å². The zero-order valence-electron chi connectivity index (χ0n) is 12.8. The summed E-state index contributed by atoms with van der Waals surface area (Å²) >= 11 is 1.76. The Bertz CT molecular complexity index is 707. The summed E-state index contributed by atoms with van der Waals surface area (Å²) in [6, 6.07) is 6.62. The van der Waals surface area contributed by atoms with Crippen LogP contribution in [0.3, 0.4) is 0 Å². The van der Waals surface area contributed by atoms with Crippen molar-refractivity contribution in [3.63, 3.8) is 0 Å². The maximum Gasteiger partial charge on any atom is 0.223 e. The lowest BCUT2D eigenvalue weighted by molar-refractivity contribution is -0.123. The molecule has 0 spiro atoms. The van der Waals surface area contributed by atoms with Gasteiger partial charge in [0.05, 0.1) is 10.2 Å². The Kier molecular flexibility index (Phi) is 3.53. The number of hydrogen-bond acceptors (Lipinski definition) is 4. The van der Waals surface area contributed by atoms with Crippen LogP contribution in [-0.2, 0) is 4.79 Å². The summed E-state index contributed by atoms with van der Waals surface area (Å²) in [5, 5.41) is 4.31. The van der Waals surface area contributed by atoms with Gasteiger partial charge >= 0.3 is 0 Å². The second-order valence-electron chi connectivity index (χ2n) is 6.49. The van der Waals surface area contributed by atoms with Crippen LogP contribution in [0.25, 0.3) is 10.2 Å². The fourth-order valence-electron chi connectivity index (χ4n) is 3.14. The Morgan fingerprint density at radius 1 is 1.36 bits per heavy atom. The molecule has 0 radical (unpaired) electrons. The molecule has 1 N–H and O–H groups in total. The number of amides is 1. The number of aromatic nitrogens is 1. The van der Waals surface area contributed by atoms with Crippen molar-refractivity contribution in [3.8, 4) is 0 Å². The highest BCUT2D eigenvalue weighted by molar-refractivity contribution is 7.22. The van der Waals surface area contributed by atoms with E-state index in [0.717, 1.165) is 49.4 Å². The third-order valence-corrected chi connectivity index (χ3v) is 5.68. The molecular weight excluding hydrogens is 294 g/mol. The van der Waals surface area contributed by atoms with E-state index in [1.165, 1.54) is 10.3 Å². The van der Waals surface area contributed by atoms with E-state index in [9.17, 15) is 4.79 Å². The zero-order chi connectivity index (χ0) is 15.1. The van der Waals surface area contributed by atoms with Gasteiger partial charge < -0.3 is 10.2 Å². The van der Waals surface area contributed by atoms with E-state index in [2.05, 4.69) is 35.3 Å². The van der Waals surface area contributed by atoms with Crippen LogP contribution in [0, 0.1) is 12.8 Å². The Morgan fingerprint density at radius 3 is 3.00 bits per heavy atom. The average Bonchev–Trinajstić information content (AvgIpc) is 3.27. The molecule has 4 nitrogen and oxygen atoms in total. The SMILES string of the molecule is Cc1cccc2sc(N3CCCC(NC(=O)C4CC4)C3)nc12. The molecule has 116 valence electrons. The van der Waals surface area contributed by atoms with Gasteiger partial charge in [-0.2, -0.15) is 0 Å². The van der Waals surface area contributed by atoms with Crippen LogP contribution in [0.5, 0.6) is 0 Å². The number of carbonyl (C=O) groups excluding carboxylic acids is 1. The van der Waals surface area contributed by atoms with Crippen LogP contribution in [0.4, 0.5) is 5.13 Å². The highest BCUT2D eigenvalue weighted by Gasteiger charge is 2.32. The van der Waals surface area contributed by atoms with E-state index in [0.29, 0.717) is 5.92 Å². The van der Waals surface area contributed by atoms with Crippen molar-refractivity contribution < 1.29 is 4.79 Å². The molecule has 0 bridgehead atoms. The monoisotopic (exact) mass is 315 g/mol. The third-order valence-electron chi connectivity index (χ3n) is 4.60. The molecule has 1 aromatic carbocycles. The summed E-state index contributed by atoms with van der Waals surface area (Å²) in [4.78, 5) is 19.1. The van der Waals surface area contributed by atoms with Crippen molar-refractivity contribution in [2.24, 2.45) is 5.92 Å². The van der Waals surface area contributed by atoms with E-state index in [-0.39, 0.29) is 11.9 Å². The number of fused-ring (bicyclic) bond motifs is 1. The lowest BCUT2D eigenvalue weighted by Gasteiger charge is -2.33. The first-order chi connectivity index (χ1) is 10.7. The van der Waals surface area contributed by atoms with Gasteiger partial charge in [0.1, 0.15) is 0 Å². The Hall–Kier alpha value is -1.62. The minimum absolute atomic E-state index is 0.256. The molecule has 22 heavy (non-hydrogen) atoms. The summed E-state index contributed by atoms with van der Waals surface area (Å²) < 4.78 is 1.25. The Balaban J connectivity index is 1.50. The standard InChI is InChI=1S/C17H21N3OS/c1-11-4-2-6-14-15(11)19-17(22-14)20-9-3-5-13(10-20)18-16(21)12-7-8-12/h2,4,6,12-13H,3,5,7-10H2,1H3,(H,18,21). The molecule has 1 unspecified atom stereocenters. The molecule has 5 heteroatoms. The lowest BCUT2D eigenvalue weighted by Crippen LogP contribution is -2.48. The van der Waals surface area contributed by atoms with Gasteiger partial charge in [0.15, 0.2) is 5.13 Å². The number of para-hydroxylation sites is 1. The van der Waals surface area contributed by atoms with Crippen molar-refractivity contribution in [3.05, 3.63) is 23.8 Å². The van der Waals surface area contributed by atoms with Crippen LogP contribution in [0.1, 0.15) is 31.2 Å². The molecule has 2 aliphatic rings. The van der Waals surface area contributed by atoms with Crippen molar-refractivity contribution >= 4 is 32.6 Å². The number of carbonyl (C=O) groups is 1. The van der Waals surface area contributed by atoms with E-state index in [1.54, 1.807) is 11.3 Å². The number of piperidine rings is 1. The smallest absolute Gasteiger partial charge is 0.223 e. The molecule has 1 saturated carbocycles. The van der Waals surface area contributed by atoms with Gasteiger partial charge in [-0.3, -0.25) is 4.79 Å². The number of hydrogen-bond donors (Lipinski definition) is 1. The van der Waals surface area contributed by atoms with E-state index in [4.69, 9.17) is 4.98 Å². The number of nitrogens with one attached hydrogen (secondary N) is 1. The van der Waals surface area contributed by atoms with Gasteiger partial charge in [-0.25, -0.2) is 4.98 Å². The van der Waals surface area contributed by atoms with Crippen molar-refractivity contribution in [2.75, 3.05) is 18.0 Å². The van der Waals surface area contributed by atoms with Gasteiger partial charge in [0, 0.05) is 25.0 Å². The largest absolute Gasteiger partial charge is 0.351 e. The predicted octanol–water partition coefficient (Wildman–Crippen LogP) is 3.10. The summed E-state index contributed by atoms with van der Waals surface area (Å²) in [7, 11) is 0. The summed E-state index contributed by atoms with van der Waals surface area (Å²) in [6.45, 7) is 4.03. The number of rotatable bonds is 3. The molecule has 2 heterocycles. The van der Waals surface area contributed by atoms with Gasteiger partial charge in [0.2, 0.25) is 5.91 Å². The molecule has 1 saturated heterocycles. The van der Waals surface area contributed by atoms with Crippen LogP contribution in [-0.4, -0.2) is 30.0 Å². The fourth-order valence-corrected chi connectivity index (χ4v) is 4.22. The van der Waals surface area contributed by atoms with Crippen molar-refractivity contribution in [1.29, 1.82) is 0 Å². The van der Waals surface area contributed by atoms with Crippen LogP contribution in [0.15, 0.2) is 18.2 Å². The van der Waals surface area contributed by atoms with E-state index < -0.39 is 0 Å². The second-order valence-corrected chi connectivity index (χ2v) is 7.50. The predicted molar refractivity (Wildman–Crippen MR) is 90.5 cm³/mol. The van der Waals surface area contributed by atoms with Gasteiger partial charge in [0.25, 0.3) is 0 Å². The highest BCUT2D eigenvalue weighted by atomic mass is 32.1. The maximum atomic E-state index is 12.0. The van der Waals surface area contributed by atoms with Gasteiger partial charge in [-0.15, -0.1) is 0 Å². The lowest BCUT2D eigenvalue weighted by atomic mass is 10.1. The topological polar surface area (TPSA) is 45.2 Å². The molecule has 1 aliphatic heterocycles. The molecule has 2 fully saturated rings. The molecule has 2 aromatic rings. The van der Waals surface area contributed by atoms with Crippen molar-refractivity contribution in [2.45, 2.75) is 38.6 Å². The molecule has 1 aromatic heterocycles. The number of anilines is 1. The maximum absolute atomic E-state index is 12.0. The number of thiazole rings is 1. The first-order valence-corrected chi connectivity index (χ1v) is 8.94. The molecular formula is C17H21N3OS. The number of nitrogens with zero attached hydrogens (tertiary/aromatic N) is 2. The number of aryl methyl sites for hydroxylation is 1. The molecule has 4 rings (SSSR count). The first kappa shape index (κ1) is 14.0. The summed E-state index contributed by atoms with van der Waals surface area (Å²) in [6.07, 6.45) is 4.34. The summed E-state index contributed by atoms with van der Waals surface area (Å²) in [5.41, 5.74) is 2.35. The van der Waals surface area contributed by atoms with Crippen LogP contribution in [0.2, 0.25) is 0 Å².